The summed E-state index contributed by atoms with van der Waals surface area (Å²) in [4.78, 5) is 20.4. The molecule has 0 radical (unpaired) electrons. The number of benzene rings is 1. The van der Waals surface area contributed by atoms with Gasteiger partial charge in [-0.1, -0.05) is 23.7 Å². The SMILES string of the molecule is COc1nc(C)c(NC(=O)CCc2cccc(Cl)c2)c(C)n1. The van der Waals surface area contributed by atoms with Crippen LogP contribution in [0.2, 0.25) is 5.02 Å². The third-order valence-corrected chi connectivity index (χ3v) is 3.46. The molecule has 0 fully saturated rings. The van der Waals surface area contributed by atoms with Crippen LogP contribution in [0.25, 0.3) is 0 Å². The Hall–Kier alpha value is -2.14. The zero-order valence-electron chi connectivity index (χ0n) is 12.8. The molecule has 0 saturated heterocycles. The summed E-state index contributed by atoms with van der Waals surface area (Å²) in [6, 6.07) is 7.80. The minimum Gasteiger partial charge on any atom is -0.467 e. The zero-order chi connectivity index (χ0) is 16.1. The molecule has 1 heterocycles. The highest BCUT2D eigenvalue weighted by Crippen LogP contribution is 2.20. The van der Waals surface area contributed by atoms with Gasteiger partial charge < -0.3 is 10.1 Å². The van der Waals surface area contributed by atoms with Crippen LogP contribution in [0.3, 0.4) is 0 Å². The predicted molar refractivity (Wildman–Crippen MR) is 86.5 cm³/mol. The average molecular weight is 320 g/mol. The summed E-state index contributed by atoms with van der Waals surface area (Å²) in [5.74, 6) is -0.0834. The lowest BCUT2D eigenvalue weighted by molar-refractivity contribution is -0.116. The largest absolute Gasteiger partial charge is 0.467 e. The summed E-state index contributed by atoms with van der Waals surface area (Å²) >= 11 is 5.93. The van der Waals surface area contributed by atoms with E-state index in [1.54, 1.807) is 0 Å². The van der Waals surface area contributed by atoms with Crippen molar-refractivity contribution >= 4 is 23.2 Å². The summed E-state index contributed by atoms with van der Waals surface area (Å²) in [7, 11) is 1.51. The van der Waals surface area contributed by atoms with Crippen LogP contribution in [0.4, 0.5) is 5.69 Å². The molecule has 0 unspecified atom stereocenters. The summed E-state index contributed by atoms with van der Waals surface area (Å²) in [6.07, 6.45) is 0.993. The number of hydrogen-bond acceptors (Lipinski definition) is 4. The number of anilines is 1. The van der Waals surface area contributed by atoms with Crippen LogP contribution >= 0.6 is 11.6 Å². The van der Waals surface area contributed by atoms with Crippen LogP contribution in [0.5, 0.6) is 6.01 Å². The first-order chi connectivity index (χ1) is 10.5. The Morgan fingerprint density at radius 1 is 1.27 bits per heavy atom. The van der Waals surface area contributed by atoms with E-state index in [9.17, 15) is 4.79 Å². The fourth-order valence-electron chi connectivity index (χ4n) is 2.11. The van der Waals surface area contributed by atoms with Crippen LogP contribution in [0.1, 0.15) is 23.4 Å². The van der Waals surface area contributed by atoms with Crippen molar-refractivity contribution < 1.29 is 9.53 Å². The van der Waals surface area contributed by atoms with Crippen molar-refractivity contribution in [3.05, 3.63) is 46.2 Å². The number of rotatable bonds is 5. The highest BCUT2D eigenvalue weighted by atomic mass is 35.5. The number of amides is 1. The third kappa shape index (κ3) is 4.18. The average Bonchev–Trinajstić information content (AvgIpc) is 2.48. The fraction of sp³-hybridized carbons (Fsp3) is 0.312. The number of aryl methyl sites for hydroxylation is 3. The highest BCUT2D eigenvalue weighted by Gasteiger charge is 2.12. The lowest BCUT2D eigenvalue weighted by Crippen LogP contribution is -2.15. The van der Waals surface area contributed by atoms with E-state index in [-0.39, 0.29) is 5.91 Å². The first-order valence-corrected chi connectivity index (χ1v) is 7.31. The molecular weight excluding hydrogens is 302 g/mol. The number of nitrogens with zero attached hydrogens (tertiary/aromatic N) is 2. The maximum absolute atomic E-state index is 12.1. The van der Waals surface area contributed by atoms with Gasteiger partial charge in [0, 0.05) is 11.4 Å². The van der Waals surface area contributed by atoms with E-state index < -0.39 is 0 Å². The fourth-order valence-corrected chi connectivity index (χ4v) is 2.32. The molecule has 0 saturated carbocycles. The Balaban J connectivity index is 2.00. The van der Waals surface area contributed by atoms with E-state index in [2.05, 4.69) is 15.3 Å². The van der Waals surface area contributed by atoms with Gasteiger partial charge in [-0.15, -0.1) is 0 Å². The molecule has 22 heavy (non-hydrogen) atoms. The Morgan fingerprint density at radius 2 is 1.95 bits per heavy atom. The molecule has 6 heteroatoms. The summed E-state index contributed by atoms with van der Waals surface area (Å²) < 4.78 is 5.00. The van der Waals surface area contributed by atoms with Crippen LogP contribution in [-0.2, 0) is 11.2 Å². The van der Waals surface area contributed by atoms with Gasteiger partial charge in [-0.05, 0) is 38.0 Å². The molecule has 0 aliphatic rings. The van der Waals surface area contributed by atoms with Crippen LogP contribution in [0.15, 0.2) is 24.3 Å². The lowest BCUT2D eigenvalue weighted by atomic mass is 10.1. The van der Waals surface area contributed by atoms with Gasteiger partial charge in [-0.2, -0.15) is 9.97 Å². The molecule has 1 aromatic heterocycles. The van der Waals surface area contributed by atoms with Crippen LogP contribution in [0, 0.1) is 13.8 Å². The van der Waals surface area contributed by atoms with Gasteiger partial charge in [0.1, 0.15) is 0 Å². The smallest absolute Gasteiger partial charge is 0.316 e. The second-order valence-corrected chi connectivity index (χ2v) is 5.37. The highest BCUT2D eigenvalue weighted by molar-refractivity contribution is 6.30. The number of methoxy groups -OCH3 is 1. The normalized spacial score (nSPS) is 10.4. The van der Waals surface area contributed by atoms with Crippen molar-refractivity contribution in [2.75, 3.05) is 12.4 Å². The number of hydrogen-bond donors (Lipinski definition) is 1. The monoisotopic (exact) mass is 319 g/mol. The zero-order valence-corrected chi connectivity index (χ0v) is 13.6. The molecule has 2 rings (SSSR count). The maximum Gasteiger partial charge on any atom is 0.316 e. The number of halogens is 1. The lowest BCUT2D eigenvalue weighted by Gasteiger charge is -2.11. The molecule has 1 aromatic carbocycles. The standard InChI is InChI=1S/C16H18ClN3O2/c1-10-15(11(2)19-16(18-10)22-3)20-14(21)8-7-12-5-4-6-13(17)9-12/h4-6,9H,7-8H2,1-3H3,(H,20,21). The van der Waals surface area contributed by atoms with Crippen molar-refractivity contribution in [1.29, 1.82) is 0 Å². The summed E-state index contributed by atoms with van der Waals surface area (Å²) in [5.41, 5.74) is 3.03. The van der Waals surface area contributed by atoms with E-state index in [4.69, 9.17) is 16.3 Å². The Labute approximate surface area is 134 Å². The molecule has 0 bridgehead atoms. The van der Waals surface area contributed by atoms with Crippen molar-refractivity contribution in [3.8, 4) is 6.01 Å². The number of aromatic nitrogens is 2. The van der Waals surface area contributed by atoms with Crippen molar-refractivity contribution in [2.24, 2.45) is 0 Å². The number of ether oxygens (including phenoxy) is 1. The van der Waals surface area contributed by atoms with E-state index in [1.807, 2.05) is 38.1 Å². The molecule has 5 nitrogen and oxygen atoms in total. The van der Waals surface area contributed by atoms with Gasteiger partial charge >= 0.3 is 6.01 Å². The first kappa shape index (κ1) is 16.2. The van der Waals surface area contributed by atoms with E-state index >= 15 is 0 Å². The molecule has 1 amide bonds. The number of carbonyl (C=O) groups excluding carboxylic acids is 1. The molecule has 0 aliphatic carbocycles. The van der Waals surface area contributed by atoms with Gasteiger partial charge in [0.2, 0.25) is 5.91 Å². The Kier molecular flexibility index (Phi) is 5.33. The summed E-state index contributed by atoms with van der Waals surface area (Å²) in [5, 5.41) is 3.54. The maximum atomic E-state index is 12.1. The predicted octanol–water partition coefficient (Wildman–Crippen LogP) is 3.33. The molecular formula is C16H18ClN3O2. The van der Waals surface area contributed by atoms with Gasteiger partial charge in [-0.25, -0.2) is 0 Å². The van der Waals surface area contributed by atoms with E-state index in [0.29, 0.717) is 40.9 Å². The molecule has 0 aliphatic heterocycles. The third-order valence-electron chi connectivity index (χ3n) is 3.23. The molecule has 1 N–H and O–H groups in total. The molecule has 0 atom stereocenters. The number of nitrogens with one attached hydrogen (secondary N) is 1. The topological polar surface area (TPSA) is 64.1 Å². The molecule has 116 valence electrons. The van der Waals surface area contributed by atoms with Gasteiger partial charge in [-0.3, -0.25) is 4.79 Å². The second-order valence-electron chi connectivity index (χ2n) is 4.93. The van der Waals surface area contributed by atoms with E-state index in [1.165, 1.54) is 7.11 Å². The van der Waals surface area contributed by atoms with Crippen LogP contribution < -0.4 is 10.1 Å². The molecule has 2 aromatic rings. The van der Waals surface area contributed by atoms with Crippen molar-refractivity contribution in [2.45, 2.75) is 26.7 Å². The summed E-state index contributed by atoms with van der Waals surface area (Å²) in [6.45, 7) is 3.62. The van der Waals surface area contributed by atoms with Crippen molar-refractivity contribution in [1.82, 2.24) is 9.97 Å². The first-order valence-electron chi connectivity index (χ1n) is 6.93. The van der Waals surface area contributed by atoms with Gasteiger partial charge in [0.25, 0.3) is 0 Å². The Morgan fingerprint density at radius 3 is 2.55 bits per heavy atom. The Bertz CT molecular complexity index is 666. The van der Waals surface area contributed by atoms with Gasteiger partial charge in [0.05, 0.1) is 24.2 Å². The minimum atomic E-state index is -0.0834. The van der Waals surface area contributed by atoms with Crippen LogP contribution in [-0.4, -0.2) is 23.0 Å². The second kappa shape index (κ2) is 7.22. The van der Waals surface area contributed by atoms with Crippen molar-refractivity contribution in [3.63, 3.8) is 0 Å². The minimum absolute atomic E-state index is 0.0834. The van der Waals surface area contributed by atoms with Gasteiger partial charge in [0.15, 0.2) is 0 Å². The molecule has 0 spiro atoms. The number of carbonyl (C=O) groups is 1. The van der Waals surface area contributed by atoms with E-state index in [0.717, 1.165) is 5.56 Å². The quantitative estimate of drug-likeness (QED) is 0.918.